The minimum absolute atomic E-state index is 0.0621. The van der Waals surface area contributed by atoms with Gasteiger partial charge in [-0.2, -0.15) is 5.26 Å². The van der Waals surface area contributed by atoms with Gasteiger partial charge in [0, 0.05) is 19.7 Å². The van der Waals surface area contributed by atoms with Crippen LogP contribution in [0.15, 0.2) is 18.2 Å². The molecule has 1 unspecified atom stereocenters. The van der Waals surface area contributed by atoms with E-state index < -0.39 is 0 Å². The van der Waals surface area contributed by atoms with Crippen LogP contribution in [-0.2, 0) is 0 Å². The van der Waals surface area contributed by atoms with Gasteiger partial charge in [0.1, 0.15) is 11.6 Å². The average Bonchev–Trinajstić information content (AvgIpc) is 2.35. The third-order valence-corrected chi connectivity index (χ3v) is 2.72. The summed E-state index contributed by atoms with van der Waals surface area (Å²) in [6, 6.07) is 6.60. The van der Waals surface area contributed by atoms with Crippen LogP contribution >= 0.6 is 0 Å². The number of rotatable bonds is 5. The number of nitrogens with zero attached hydrogens (tertiary/aromatic N) is 2. The molecule has 1 aromatic carbocycles. The molecular weight excluding hydrogens is 219 g/mol. The lowest BCUT2D eigenvalue weighted by Crippen LogP contribution is -2.24. The van der Waals surface area contributed by atoms with Crippen molar-refractivity contribution in [1.29, 1.82) is 5.26 Å². The molecular formula is C13H17FN2O. The van der Waals surface area contributed by atoms with Crippen molar-refractivity contribution in [2.24, 2.45) is 5.92 Å². The van der Waals surface area contributed by atoms with Crippen LogP contribution in [0.3, 0.4) is 0 Å². The molecule has 1 atom stereocenters. The topological polar surface area (TPSA) is 36.3 Å². The molecule has 0 aliphatic rings. The van der Waals surface area contributed by atoms with Crippen molar-refractivity contribution in [3.05, 3.63) is 24.0 Å². The first kappa shape index (κ1) is 13.3. The molecule has 3 nitrogen and oxygen atoms in total. The third kappa shape index (κ3) is 3.35. The summed E-state index contributed by atoms with van der Waals surface area (Å²) >= 11 is 0. The lowest BCUT2D eigenvalue weighted by Gasteiger charge is -2.23. The molecule has 4 heteroatoms. The van der Waals surface area contributed by atoms with Gasteiger partial charge >= 0.3 is 0 Å². The molecule has 92 valence electrons. The summed E-state index contributed by atoms with van der Waals surface area (Å²) in [5.41, 5.74) is 0.668. The van der Waals surface area contributed by atoms with Crippen molar-refractivity contribution in [2.75, 3.05) is 25.6 Å². The standard InChI is InChI=1S/C13H17FN2O/c1-4-10(8-15)9-16(2)12-7-11(14)5-6-13(12)17-3/h5-7,10H,4,9H2,1-3H3. The summed E-state index contributed by atoms with van der Waals surface area (Å²) in [4.78, 5) is 1.85. The van der Waals surface area contributed by atoms with E-state index >= 15 is 0 Å². The van der Waals surface area contributed by atoms with Crippen LogP contribution in [0.1, 0.15) is 13.3 Å². The Kier molecular flexibility index (Phi) is 4.77. The van der Waals surface area contributed by atoms with Crippen molar-refractivity contribution in [2.45, 2.75) is 13.3 Å². The highest BCUT2D eigenvalue weighted by Crippen LogP contribution is 2.28. The van der Waals surface area contributed by atoms with E-state index in [2.05, 4.69) is 6.07 Å². The summed E-state index contributed by atoms with van der Waals surface area (Å²) in [6.45, 7) is 2.53. The van der Waals surface area contributed by atoms with Crippen LogP contribution in [0.5, 0.6) is 5.75 Å². The maximum absolute atomic E-state index is 13.2. The van der Waals surface area contributed by atoms with E-state index in [1.807, 2.05) is 18.9 Å². The molecule has 0 saturated heterocycles. The fraction of sp³-hybridized carbons (Fsp3) is 0.462. The Morgan fingerprint density at radius 1 is 1.53 bits per heavy atom. The van der Waals surface area contributed by atoms with Gasteiger partial charge in [-0.1, -0.05) is 6.92 Å². The second-order valence-electron chi connectivity index (χ2n) is 3.93. The maximum Gasteiger partial charge on any atom is 0.142 e. The highest BCUT2D eigenvalue weighted by Gasteiger charge is 2.13. The minimum atomic E-state index is -0.308. The number of hydrogen-bond donors (Lipinski definition) is 0. The Bertz CT molecular complexity index is 414. The van der Waals surface area contributed by atoms with Gasteiger partial charge in [-0.15, -0.1) is 0 Å². The first-order chi connectivity index (χ1) is 8.12. The van der Waals surface area contributed by atoms with Crippen LogP contribution in [0.4, 0.5) is 10.1 Å². The van der Waals surface area contributed by atoms with Gasteiger partial charge in [0.25, 0.3) is 0 Å². The predicted octanol–water partition coefficient (Wildman–Crippen LogP) is 2.82. The summed E-state index contributed by atoms with van der Waals surface area (Å²) < 4.78 is 18.4. The second kappa shape index (κ2) is 6.09. The van der Waals surface area contributed by atoms with Crippen molar-refractivity contribution in [1.82, 2.24) is 0 Å². The molecule has 0 spiro atoms. The van der Waals surface area contributed by atoms with Gasteiger partial charge in [0.05, 0.1) is 24.8 Å². The maximum atomic E-state index is 13.2. The Balaban J connectivity index is 2.91. The van der Waals surface area contributed by atoms with E-state index in [-0.39, 0.29) is 11.7 Å². The molecule has 1 aromatic rings. The van der Waals surface area contributed by atoms with Gasteiger partial charge in [0.2, 0.25) is 0 Å². The van der Waals surface area contributed by atoms with Crippen molar-refractivity contribution in [3.63, 3.8) is 0 Å². The molecule has 17 heavy (non-hydrogen) atoms. The molecule has 0 aliphatic heterocycles. The lowest BCUT2D eigenvalue weighted by molar-refractivity contribution is 0.413. The summed E-state index contributed by atoms with van der Waals surface area (Å²) in [5.74, 6) is 0.243. The van der Waals surface area contributed by atoms with Gasteiger partial charge < -0.3 is 9.64 Å². The fourth-order valence-corrected chi connectivity index (χ4v) is 1.65. The number of nitriles is 1. The molecule has 0 bridgehead atoms. The Hall–Kier alpha value is -1.76. The first-order valence-corrected chi connectivity index (χ1v) is 5.56. The number of benzene rings is 1. The summed E-state index contributed by atoms with van der Waals surface area (Å²) in [5, 5.41) is 8.92. The van der Waals surface area contributed by atoms with Crippen LogP contribution < -0.4 is 9.64 Å². The predicted molar refractivity (Wildman–Crippen MR) is 65.6 cm³/mol. The highest BCUT2D eigenvalue weighted by molar-refractivity contribution is 5.58. The Morgan fingerprint density at radius 2 is 2.24 bits per heavy atom. The molecule has 0 amide bonds. The summed E-state index contributed by atoms with van der Waals surface area (Å²) in [7, 11) is 3.38. The van der Waals surface area contributed by atoms with Crippen molar-refractivity contribution < 1.29 is 9.13 Å². The van der Waals surface area contributed by atoms with Gasteiger partial charge in [0.15, 0.2) is 0 Å². The Labute approximate surface area is 101 Å². The van der Waals surface area contributed by atoms with E-state index in [1.54, 1.807) is 13.2 Å². The second-order valence-corrected chi connectivity index (χ2v) is 3.93. The Morgan fingerprint density at radius 3 is 2.76 bits per heavy atom. The van der Waals surface area contributed by atoms with E-state index in [1.165, 1.54) is 12.1 Å². The van der Waals surface area contributed by atoms with E-state index in [0.717, 1.165) is 6.42 Å². The smallest absolute Gasteiger partial charge is 0.142 e. The number of methoxy groups -OCH3 is 1. The zero-order valence-corrected chi connectivity index (χ0v) is 10.4. The average molecular weight is 236 g/mol. The quantitative estimate of drug-likeness (QED) is 0.788. The monoisotopic (exact) mass is 236 g/mol. The molecule has 0 saturated carbocycles. The SMILES string of the molecule is CCC(C#N)CN(C)c1cc(F)ccc1OC. The van der Waals surface area contributed by atoms with Crippen molar-refractivity contribution >= 4 is 5.69 Å². The van der Waals surface area contributed by atoms with E-state index in [4.69, 9.17) is 10.00 Å². The molecule has 0 fully saturated rings. The number of ether oxygens (including phenoxy) is 1. The minimum Gasteiger partial charge on any atom is -0.495 e. The van der Waals surface area contributed by atoms with Gasteiger partial charge in [-0.05, 0) is 18.6 Å². The van der Waals surface area contributed by atoms with Gasteiger partial charge in [-0.25, -0.2) is 4.39 Å². The largest absolute Gasteiger partial charge is 0.495 e. The van der Waals surface area contributed by atoms with Crippen LogP contribution in [-0.4, -0.2) is 20.7 Å². The van der Waals surface area contributed by atoms with E-state index in [0.29, 0.717) is 18.0 Å². The van der Waals surface area contributed by atoms with Crippen LogP contribution in [0, 0.1) is 23.1 Å². The molecule has 0 N–H and O–H groups in total. The zero-order valence-electron chi connectivity index (χ0n) is 10.4. The lowest BCUT2D eigenvalue weighted by atomic mass is 10.1. The van der Waals surface area contributed by atoms with Crippen LogP contribution in [0.25, 0.3) is 0 Å². The number of halogens is 1. The zero-order chi connectivity index (χ0) is 12.8. The van der Waals surface area contributed by atoms with Crippen LogP contribution in [0.2, 0.25) is 0 Å². The normalized spacial score (nSPS) is 11.7. The van der Waals surface area contributed by atoms with Crippen molar-refractivity contribution in [3.8, 4) is 11.8 Å². The third-order valence-electron chi connectivity index (χ3n) is 2.72. The summed E-state index contributed by atoms with van der Waals surface area (Å²) in [6.07, 6.45) is 0.776. The fourth-order valence-electron chi connectivity index (χ4n) is 1.65. The van der Waals surface area contributed by atoms with E-state index in [9.17, 15) is 4.39 Å². The highest BCUT2D eigenvalue weighted by atomic mass is 19.1. The molecule has 1 rings (SSSR count). The molecule has 0 radical (unpaired) electrons. The molecule has 0 heterocycles. The number of hydrogen-bond acceptors (Lipinski definition) is 3. The molecule has 0 aromatic heterocycles. The number of anilines is 1. The van der Waals surface area contributed by atoms with Gasteiger partial charge in [-0.3, -0.25) is 0 Å². The first-order valence-electron chi connectivity index (χ1n) is 5.56. The molecule has 0 aliphatic carbocycles.